The quantitative estimate of drug-likeness (QED) is 0.367. The number of hydrogen-bond acceptors (Lipinski definition) is 5. The summed E-state index contributed by atoms with van der Waals surface area (Å²) in [7, 11) is -3.69. The number of hydrazone groups is 1. The summed E-state index contributed by atoms with van der Waals surface area (Å²) in [5.41, 5.74) is 3.61. The number of nitrogens with zero attached hydrogens (tertiary/aromatic N) is 2. The van der Waals surface area contributed by atoms with Gasteiger partial charge in [-0.05, 0) is 49.2 Å². The smallest absolute Gasteiger partial charge is 0.336 e. The fourth-order valence-corrected chi connectivity index (χ4v) is 5.50. The maximum atomic E-state index is 12.9. The highest BCUT2D eigenvalue weighted by Gasteiger charge is 2.27. The molecule has 1 heterocycles. The van der Waals surface area contributed by atoms with Gasteiger partial charge < -0.3 is 5.11 Å². The Morgan fingerprint density at radius 2 is 1.54 bits per heavy atom. The van der Waals surface area contributed by atoms with Crippen molar-refractivity contribution >= 4 is 39.2 Å². The van der Waals surface area contributed by atoms with Crippen LogP contribution in [0.15, 0.2) is 82.8 Å². The van der Waals surface area contributed by atoms with E-state index in [1.807, 2.05) is 0 Å². The van der Waals surface area contributed by atoms with Crippen LogP contribution in [-0.4, -0.2) is 48.5 Å². The van der Waals surface area contributed by atoms with Crippen LogP contribution in [-0.2, 0) is 10.0 Å². The number of sulfonamides is 1. The van der Waals surface area contributed by atoms with Crippen molar-refractivity contribution in [1.29, 1.82) is 0 Å². The van der Waals surface area contributed by atoms with Gasteiger partial charge in [-0.15, -0.1) is 0 Å². The van der Waals surface area contributed by atoms with Crippen LogP contribution in [0.3, 0.4) is 0 Å². The van der Waals surface area contributed by atoms with Crippen LogP contribution in [0, 0.1) is 0 Å². The molecule has 1 aliphatic heterocycles. The predicted molar refractivity (Wildman–Crippen MR) is 132 cm³/mol. The van der Waals surface area contributed by atoms with Crippen molar-refractivity contribution in [1.82, 2.24) is 9.73 Å². The molecule has 1 aliphatic rings. The second-order valence-electron chi connectivity index (χ2n) is 7.90. The minimum Gasteiger partial charge on any atom is -0.478 e. The van der Waals surface area contributed by atoms with E-state index in [1.165, 1.54) is 34.6 Å². The van der Waals surface area contributed by atoms with Gasteiger partial charge in [0.15, 0.2) is 0 Å². The van der Waals surface area contributed by atoms with Crippen LogP contribution in [0.25, 0.3) is 0 Å². The second kappa shape index (κ2) is 10.4. The van der Waals surface area contributed by atoms with Crippen LogP contribution in [0.5, 0.6) is 0 Å². The van der Waals surface area contributed by atoms with E-state index in [4.69, 9.17) is 11.6 Å². The molecule has 1 saturated heterocycles. The van der Waals surface area contributed by atoms with Crippen LogP contribution in [0.4, 0.5) is 0 Å². The molecule has 3 aromatic carbocycles. The average Bonchev–Trinajstić information content (AvgIpc) is 3.41. The molecule has 180 valence electrons. The van der Waals surface area contributed by atoms with Crippen LogP contribution < -0.4 is 5.43 Å². The number of carbonyl (C=O) groups excluding carboxylic acids is 1. The molecule has 1 fully saturated rings. The summed E-state index contributed by atoms with van der Waals surface area (Å²) < 4.78 is 27.2. The number of halogens is 1. The molecule has 10 heteroatoms. The first-order valence-corrected chi connectivity index (χ1v) is 12.7. The fourth-order valence-electron chi connectivity index (χ4n) is 3.81. The monoisotopic (exact) mass is 511 g/mol. The lowest BCUT2D eigenvalue weighted by molar-refractivity contribution is 0.0696. The highest BCUT2D eigenvalue weighted by atomic mass is 35.5. The molecule has 0 saturated carbocycles. The highest BCUT2D eigenvalue weighted by Crippen LogP contribution is 2.22. The molecular weight excluding hydrogens is 490 g/mol. The van der Waals surface area contributed by atoms with Gasteiger partial charge in [0.05, 0.1) is 16.2 Å². The fraction of sp³-hybridized carbons (Fsp3) is 0.160. The molecular formula is C25H22ClN3O5S. The molecule has 3 aromatic rings. The summed E-state index contributed by atoms with van der Waals surface area (Å²) in [5.74, 6) is -1.78. The Morgan fingerprint density at radius 3 is 2.20 bits per heavy atom. The Bertz CT molecular complexity index is 1400. The number of carboxylic acids is 1. The summed E-state index contributed by atoms with van der Waals surface area (Å²) in [6, 6.07) is 18.6. The summed E-state index contributed by atoms with van der Waals surface area (Å²) in [5, 5.41) is 14.4. The van der Waals surface area contributed by atoms with Crippen molar-refractivity contribution < 1.29 is 23.1 Å². The average molecular weight is 512 g/mol. The molecule has 2 N–H and O–H groups in total. The van der Waals surface area contributed by atoms with Gasteiger partial charge in [-0.2, -0.15) is 9.41 Å². The lowest BCUT2D eigenvalue weighted by Gasteiger charge is -2.16. The van der Waals surface area contributed by atoms with E-state index in [2.05, 4.69) is 10.5 Å². The lowest BCUT2D eigenvalue weighted by atomic mass is 9.97. The van der Waals surface area contributed by atoms with Gasteiger partial charge in [0.25, 0.3) is 5.91 Å². The SMILES string of the molecule is O=C(N/N=C(/c1ccc(Cl)cc1)c1ccccc1C(=O)O)c1cccc(S(=O)(=O)N2CCCC2)c1. The minimum absolute atomic E-state index is 0.00847. The van der Waals surface area contributed by atoms with Gasteiger partial charge in [-0.25, -0.2) is 18.6 Å². The Morgan fingerprint density at radius 1 is 0.886 bits per heavy atom. The molecule has 4 rings (SSSR count). The van der Waals surface area contributed by atoms with Gasteiger partial charge in [0.1, 0.15) is 0 Å². The van der Waals surface area contributed by atoms with Gasteiger partial charge in [-0.1, -0.05) is 48.0 Å². The molecule has 1 amide bonds. The number of carboxylic acid groups (broad SMARTS) is 1. The number of aromatic carboxylic acids is 1. The zero-order valence-electron chi connectivity index (χ0n) is 18.5. The zero-order chi connectivity index (χ0) is 25.0. The van der Waals surface area contributed by atoms with E-state index in [9.17, 15) is 23.1 Å². The number of rotatable bonds is 7. The summed E-state index contributed by atoms with van der Waals surface area (Å²) in [6.45, 7) is 0.910. The zero-order valence-corrected chi connectivity index (χ0v) is 20.1. The standard InChI is InChI=1S/C25H22ClN3O5S/c26-19-12-10-17(11-13-19)23(21-8-1-2-9-22(21)25(31)32)27-28-24(30)18-6-5-7-20(16-18)35(33,34)29-14-3-4-15-29/h1-2,5-13,16H,3-4,14-15H2,(H,28,30)(H,31,32)/b27-23-. The van der Waals surface area contributed by atoms with Gasteiger partial charge in [0.2, 0.25) is 10.0 Å². The van der Waals surface area contributed by atoms with Crippen molar-refractivity contribution in [2.75, 3.05) is 13.1 Å². The minimum atomic E-state index is -3.69. The van der Waals surface area contributed by atoms with Gasteiger partial charge in [0, 0.05) is 34.8 Å². The van der Waals surface area contributed by atoms with Crippen LogP contribution in [0.1, 0.15) is 44.7 Å². The van der Waals surface area contributed by atoms with E-state index < -0.39 is 21.9 Å². The largest absolute Gasteiger partial charge is 0.478 e. The first-order chi connectivity index (χ1) is 16.8. The molecule has 0 aromatic heterocycles. The predicted octanol–water partition coefficient (Wildman–Crippen LogP) is 4.01. The molecule has 0 atom stereocenters. The van der Waals surface area contributed by atoms with E-state index in [0.29, 0.717) is 29.2 Å². The maximum Gasteiger partial charge on any atom is 0.336 e. The van der Waals surface area contributed by atoms with Crippen LogP contribution in [0.2, 0.25) is 5.02 Å². The third kappa shape index (κ3) is 5.43. The lowest BCUT2D eigenvalue weighted by Crippen LogP contribution is -2.28. The van der Waals surface area contributed by atoms with Crippen LogP contribution >= 0.6 is 11.6 Å². The number of amides is 1. The van der Waals surface area contributed by atoms with Gasteiger partial charge in [-0.3, -0.25) is 4.79 Å². The summed E-state index contributed by atoms with van der Waals surface area (Å²) >= 11 is 5.99. The summed E-state index contributed by atoms with van der Waals surface area (Å²) in [6.07, 6.45) is 1.61. The Kier molecular flexibility index (Phi) is 7.30. The summed E-state index contributed by atoms with van der Waals surface area (Å²) in [4.78, 5) is 24.7. The topological polar surface area (TPSA) is 116 Å². The molecule has 0 unspecified atom stereocenters. The maximum absolute atomic E-state index is 12.9. The van der Waals surface area contributed by atoms with Crippen molar-refractivity contribution in [3.8, 4) is 0 Å². The van der Waals surface area contributed by atoms with E-state index in [0.717, 1.165) is 12.8 Å². The normalized spacial score (nSPS) is 14.6. The van der Waals surface area contributed by atoms with E-state index in [1.54, 1.807) is 42.5 Å². The molecule has 0 spiro atoms. The Labute approximate surface area is 207 Å². The van der Waals surface area contributed by atoms with E-state index in [-0.39, 0.29) is 21.7 Å². The Balaban J connectivity index is 1.68. The van der Waals surface area contributed by atoms with Gasteiger partial charge >= 0.3 is 5.97 Å². The van der Waals surface area contributed by atoms with E-state index >= 15 is 0 Å². The number of carbonyl (C=O) groups is 2. The van der Waals surface area contributed by atoms with Crippen molar-refractivity contribution in [3.05, 3.63) is 100 Å². The van der Waals surface area contributed by atoms with Crippen molar-refractivity contribution in [2.24, 2.45) is 5.10 Å². The third-order valence-corrected chi connectivity index (χ3v) is 7.75. The first kappa shape index (κ1) is 24.6. The molecule has 0 radical (unpaired) electrons. The first-order valence-electron chi connectivity index (χ1n) is 10.8. The number of hydrogen-bond donors (Lipinski definition) is 2. The molecule has 0 aliphatic carbocycles. The molecule has 35 heavy (non-hydrogen) atoms. The molecule has 0 bridgehead atoms. The Hall–Kier alpha value is -3.53. The van der Waals surface area contributed by atoms with Crippen molar-refractivity contribution in [2.45, 2.75) is 17.7 Å². The second-order valence-corrected chi connectivity index (χ2v) is 10.3. The third-order valence-electron chi connectivity index (χ3n) is 5.60. The molecule has 8 nitrogen and oxygen atoms in total. The number of nitrogens with one attached hydrogen (secondary N) is 1. The number of benzene rings is 3. The van der Waals surface area contributed by atoms with Crippen molar-refractivity contribution in [3.63, 3.8) is 0 Å². The highest BCUT2D eigenvalue weighted by molar-refractivity contribution is 7.89.